The third-order valence-corrected chi connectivity index (χ3v) is 5.48. The standard InChI is InChI=1S/C17H17BrN2O3S/c1-19-16(21)12-4-2-3-5-13(12)23-11-8-9-20(10-11)17(22)14-6-7-15(18)24-14/h2-7,11H,8-10H2,1H3,(H,19,21). The van der Waals surface area contributed by atoms with Crippen molar-refractivity contribution in [2.75, 3.05) is 20.1 Å². The Morgan fingerprint density at radius 1 is 1.29 bits per heavy atom. The molecular weight excluding hydrogens is 392 g/mol. The number of carbonyl (C=O) groups is 2. The predicted molar refractivity (Wildman–Crippen MR) is 96.8 cm³/mol. The molecule has 24 heavy (non-hydrogen) atoms. The average molecular weight is 409 g/mol. The number of nitrogens with zero attached hydrogens (tertiary/aromatic N) is 1. The first-order valence-electron chi connectivity index (χ1n) is 7.61. The molecule has 1 aromatic heterocycles. The van der Waals surface area contributed by atoms with Crippen molar-refractivity contribution in [3.8, 4) is 5.75 Å². The highest BCUT2D eigenvalue weighted by Gasteiger charge is 2.29. The molecule has 126 valence electrons. The number of likely N-dealkylation sites (tertiary alicyclic amines) is 1. The van der Waals surface area contributed by atoms with Gasteiger partial charge in [0.05, 0.1) is 20.8 Å². The summed E-state index contributed by atoms with van der Waals surface area (Å²) < 4.78 is 6.93. The second-order valence-corrected chi connectivity index (χ2v) is 7.92. The summed E-state index contributed by atoms with van der Waals surface area (Å²) in [5.41, 5.74) is 0.506. The summed E-state index contributed by atoms with van der Waals surface area (Å²) in [7, 11) is 1.59. The van der Waals surface area contributed by atoms with Crippen LogP contribution in [0, 0.1) is 0 Å². The first-order chi connectivity index (χ1) is 11.6. The Hall–Kier alpha value is -1.86. The summed E-state index contributed by atoms with van der Waals surface area (Å²) in [5, 5.41) is 2.61. The molecule has 0 spiro atoms. The molecule has 0 bridgehead atoms. The average Bonchev–Trinajstić information content (AvgIpc) is 3.23. The Kier molecular flexibility index (Phi) is 5.20. The molecule has 2 aromatic rings. The number of rotatable bonds is 4. The van der Waals surface area contributed by atoms with Crippen LogP contribution in [-0.2, 0) is 0 Å². The van der Waals surface area contributed by atoms with E-state index in [4.69, 9.17) is 4.74 Å². The first kappa shape index (κ1) is 17.0. The van der Waals surface area contributed by atoms with Gasteiger partial charge in [-0.15, -0.1) is 11.3 Å². The topological polar surface area (TPSA) is 58.6 Å². The molecule has 0 radical (unpaired) electrons. The molecule has 2 heterocycles. The van der Waals surface area contributed by atoms with Crippen LogP contribution in [0.5, 0.6) is 5.75 Å². The highest BCUT2D eigenvalue weighted by molar-refractivity contribution is 9.11. The van der Waals surface area contributed by atoms with Crippen molar-refractivity contribution in [1.82, 2.24) is 10.2 Å². The number of hydrogen-bond donors (Lipinski definition) is 1. The fourth-order valence-corrected chi connectivity index (χ4v) is 4.02. The van der Waals surface area contributed by atoms with Gasteiger partial charge in [-0.1, -0.05) is 12.1 Å². The van der Waals surface area contributed by atoms with Gasteiger partial charge in [0.25, 0.3) is 11.8 Å². The summed E-state index contributed by atoms with van der Waals surface area (Å²) in [6.07, 6.45) is 0.642. The number of carbonyl (C=O) groups excluding carboxylic acids is 2. The Morgan fingerprint density at radius 2 is 2.08 bits per heavy atom. The van der Waals surface area contributed by atoms with E-state index in [9.17, 15) is 9.59 Å². The van der Waals surface area contributed by atoms with Gasteiger partial charge in [-0.25, -0.2) is 0 Å². The van der Waals surface area contributed by atoms with Crippen molar-refractivity contribution in [1.29, 1.82) is 0 Å². The monoisotopic (exact) mass is 408 g/mol. The Bertz CT molecular complexity index is 762. The van der Waals surface area contributed by atoms with E-state index < -0.39 is 0 Å². The molecule has 3 rings (SSSR count). The minimum Gasteiger partial charge on any atom is -0.488 e. The molecule has 5 nitrogen and oxygen atoms in total. The van der Waals surface area contributed by atoms with Gasteiger partial charge in [0.15, 0.2) is 0 Å². The van der Waals surface area contributed by atoms with Crippen molar-refractivity contribution in [2.45, 2.75) is 12.5 Å². The lowest BCUT2D eigenvalue weighted by Crippen LogP contribution is -2.30. The van der Waals surface area contributed by atoms with E-state index >= 15 is 0 Å². The van der Waals surface area contributed by atoms with Gasteiger partial charge in [0.1, 0.15) is 11.9 Å². The van der Waals surface area contributed by atoms with E-state index in [1.807, 2.05) is 18.2 Å². The highest BCUT2D eigenvalue weighted by atomic mass is 79.9. The number of hydrogen-bond acceptors (Lipinski definition) is 4. The van der Waals surface area contributed by atoms with Gasteiger partial charge >= 0.3 is 0 Å². The summed E-state index contributed by atoms with van der Waals surface area (Å²) in [6, 6.07) is 10.9. The quantitative estimate of drug-likeness (QED) is 0.844. The van der Waals surface area contributed by atoms with Crippen LogP contribution in [0.2, 0.25) is 0 Å². The maximum absolute atomic E-state index is 12.5. The molecule has 0 aliphatic carbocycles. The maximum atomic E-state index is 12.5. The third-order valence-electron chi connectivity index (χ3n) is 3.87. The van der Waals surface area contributed by atoms with E-state index in [0.717, 1.165) is 10.2 Å². The lowest BCUT2D eigenvalue weighted by atomic mass is 10.2. The van der Waals surface area contributed by atoms with E-state index in [2.05, 4.69) is 21.2 Å². The molecule has 1 fully saturated rings. The van der Waals surface area contributed by atoms with Crippen molar-refractivity contribution >= 4 is 39.1 Å². The van der Waals surface area contributed by atoms with Gasteiger partial charge in [0, 0.05) is 20.0 Å². The second kappa shape index (κ2) is 7.36. The third kappa shape index (κ3) is 3.62. The minimum atomic E-state index is -0.181. The molecule has 2 amide bonds. The molecule has 1 saturated heterocycles. The van der Waals surface area contributed by atoms with Gasteiger partial charge in [-0.05, 0) is 40.2 Å². The van der Waals surface area contributed by atoms with Gasteiger partial charge in [0.2, 0.25) is 0 Å². The lowest BCUT2D eigenvalue weighted by Gasteiger charge is -2.18. The smallest absolute Gasteiger partial charge is 0.264 e. The fourth-order valence-electron chi connectivity index (χ4n) is 2.67. The molecule has 1 aliphatic heterocycles. The lowest BCUT2D eigenvalue weighted by molar-refractivity contribution is 0.0775. The van der Waals surface area contributed by atoms with Crippen LogP contribution in [0.15, 0.2) is 40.2 Å². The molecule has 7 heteroatoms. The summed E-state index contributed by atoms with van der Waals surface area (Å²) >= 11 is 4.81. The number of ether oxygens (including phenoxy) is 1. The fraction of sp³-hybridized carbons (Fsp3) is 0.294. The molecule has 1 aromatic carbocycles. The predicted octanol–water partition coefficient (Wildman–Crippen LogP) is 3.16. The largest absolute Gasteiger partial charge is 0.488 e. The Balaban J connectivity index is 1.67. The van der Waals surface area contributed by atoms with Crippen molar-refractivity contribution in [3.05, 3.63) is 50.6 Å². The number of benzene rings is 1. The van der Waals surface area contributed by atoms with Crippen LogP contribution in [0.1, 0.15) is 26.5 Å². The normalized spacial score (nSPS) is 16.9. The molecule has 1 unspecified atom stereocenters. The SMILES string of the molecule is CNC(=O)c1ccccc1OC1CCN(C(=O)c2ccc(Br)s2)C1. The van der Waals surface area contributed by atoms with E-state index in [-0.39, 0.29) is 17.9 Å². The van der Waals surface area contributed by atoms with Crippen molar-refractivity contribution in [2.24, 2.45) is 0 Å². The first-order valence-corrected chi connectivity index (χ1v) is 9.22. The molecule has 1 atom stereocenters. The number of amides is 2. The molecule has 1 aliphatic rings. The Morgan fingerprint density at radius 3 is 2.79 bits per heavy atom. The van der Waals surface area contributed by atoms with Gasteiger partial charge in [-0.3, -0.25) is 9.59 Å². The zero-order valence-electron chi connectivity index (χ0n) is 13.1. The summed E-state index contributed by atoms with van der Waals surface area (Å²) in [6.45, 7) is 1.18. The number of para-hydroxylation sites is 1. The minimum absolute atomic E-state index is 0.0244. The van der Waals surface area contributed by atoms with Crippen molar-refractivity contribution < 1.29 is 14.3 Å². The van der Waals surface area contributed by atoms with Crippen LogP contribution < -0.4 is 10.1 Å². The van der Waals surface area contributed by atoms with Crippen LogP contribution in [0.4, 0.5) is 0 Å². The second-order valence-electron chi connectivity index (χ2n) is 5.46. The maximum Gasteiger partial charge on any atom is 0.264 e. The van der Waals surface area contributed by atoms with Gasteiger partial charge < -0.3 is 15.0 Å². The summed E-state index contributed by atoms with van der Waals surface area (Å²) in [4.78, 5) is 26.9. The van der Waals surface area contributed by atoms with E-state index in [1.165, 1.54) is 11.3 Å². The van der Waals surface area contributed by atoms with E-state index in [0.29, 0.717) is 29.3 Å². The number of thiophene rings is 1. The van der Waals surface area contributed by atoms with Gasteiger partial charge in [-0.2, -0.15) is 0 Å². The van der Waals surface area contributed by atoms with Crippen LogP contribution in [-0.4, -0.2) is 43.0 Å². The summed E-state index contributed by atoms with van der Waals surface area (Å²) in [5.74, 6) is 0.395. The van der Waals surface area contributed by atoms with E-state index in [1.54, 1.807) is 30.1 Å². The van der Waals surface area contributed by atoms with Crippen LogP contribution >= 0.6 is 27.3 Å². The van der Waals surface area contributed by atoms with Crippen LogP contribution in [0.25, 0.3) is 0 Å². The molecule has 0 saturated carbocycles. The Labute approximate surface area is 152 Å². The molecule has 1 N–H and O–H groups in total. The number of nitrogens with one attached hydrogen (secondary N) is 1. The molecular formula is C17H17BrN2O3S. The zero-order chi connectivity index (χ0) is 17.1. The zero-order valence-corrected chi connectivity index (χ0v) is 15.5. The van der Waals surface area contributed by atoms with Crippen LogP contribution in [0.3, 0.4) is 0 Å². The number of halogens is 1. The van der Waals surface area contributed by atoms with Crippen molar-refractivity contribution in [3.63, 3.8) is 0 Å². The highest BCUT2D eigenvalue weighted by Crippen LogP contribution is 2.26.